The van der Waals surface area contributed by atoms with Gasteiger partial charge in [-0.25, -0.2) is 8.42 Å². The molecule has 0 unspecified atom stereocenters. The second-order valence-corrected chi connectivity index (χ2v) is 11.1. The summed E-state index contributed by atoms with van der Waals surface area (Å²) in [7, 11) is -4.14. The van der Waals surface area contributed by atoms with Crippen molar-refractivity contribution in [3.05, 3.63) is 64.1 Å². The van der Waals surface area contributed by atoms with Gasteiger partial charge in [-0.2, -0.15) is 13.2 Å². The number of carbonyl (C=O) groups excluding carboxylic acids is 2. The first-order valence-corrected chi connectivity index (χ1v) is 13.8. The number of nitrogens with one attached hydrogen (secondary N) is 1. The van der Waals surface area contributed by atoms with E-state index in [-0.39, 0.29) is 12.2 Å². The number of alkyl halides is 3. The normalized spacial score (nSPS) is 12.6. The monoisotopic (exact) mass is 591 g/mol. The van der Waals surface area contributed by atoms with Crippen LogP contribution in [-0.2, 0) is 32.3 Å². The van der Waals surface area contributed by atoms with E-state index < -0.39 is 46.2 Å². The lowest BCUT2D eigenvalue weighted by Crippen LogP contribution is -2.51. The van der Waals surface area contributed by atoms with Gasteiger partial charge in [0, 0.05) is 17.6 Å². The Morgan fingerprint density at radius 2 is 1.75 bits per heavy atom. The summed E-state index contributed by atoms with van der Waals surface area (Å²) in [6.07, 6.45) is -2.28. The molecule has 2 rings (SSSR count). The Morgan fingerprint density at radius 1 is 1.11 bits per heavy atom. The molecule has 0 radical (unpaired) electrons. The van der Waals surface area contributed by atoms with E-state index in [2.05, 4.69) is 21.2 Å². The summed E-state index contributed by atoms with van der Waals surface area (Å²) >= 11 is 3.33. The van der Waals surface area contributed by atoms with Crippen molar-refractivity contribution in [2.75, 3.05) is 23.7 Å². The van der Waals surface area contributed by atoms with Gasteiger partial charge in [0.2, 0.25) is 21.8 Å². The summed E-state index contributed by atoms with van der Waals surface area (Å²) in [5.74, 6) is -1.15. The summed E-state index contributed by atoms with van der Waals surface area (Å²) in [4.78, 5) is 27.4. The van der Waals surface area contributed by atoms with Crippen LogP contribution in [0.4, 0.5) is 18.9 Å². The van der Waals surface area contributed by atoms with Crippen LogP contribution in [0.25, 0.3) is 0 Å². The largest absolute Gasteiger partial charge is 0.416 e. The number of hydrogen-bond acceptors (Lipinski definition) is 4. The second kappa shape index (κ2) is 12.6. The quantitative estimate of drug-likeness (QED) is 0.388. The van der Waals surface area contributed by atoms with Crippen molar-refractivity contribution in [2.24, 2.45) is 0 Å². The number of amides is 2. The lowest BCUT2D eigenvalue weighted by atomic mass is 10.1. The molecule has 0 fully saturated rings. The molecule has 0 aliphatic heterocycles. The van der Waals surface area contributed by atoms with Crippen molar-refractivity contribution < 1.29 is 31.2 Å². The minimum Gasteiger partial charge on any atom is -0.354 e. The van der Waals surface area contributed by atoms with Gasteiger partial charge >= 0.3 is 6.18 Å². The summed E-state index contributed by atoms with van der Waals surface area (Å²) in [6.45, 7) is 3.12. The van der Waals surface area contributed by atoms with Crippen LogP contribution in [0.2, 0.25) is 0 Å². The fourth-order valence-corrected chi connectivity index (χ4v) is 4.46. The van der Waals surface area contributed by atoms with Crippen LogP contribution < -0.4 is 9.62 Å². The first-order valence-electron chi connectivity index (χ1n) is 11.2. The van der Waals surface area contributed by atoms with Crippen molar-refractivity contribution >= 4 is 43.5 Å². The molecular weight excluding hydrogens is 563 g/mol. The fraction of sp³-hybridized carbons (Fsp3) is 0.417. The molecule has 0 bridgehead atoms. The highest BCUT2D eigenvalue weighted by molar-refractivity contribution is 9.10. The van der Waals surface area contributed by atoms with Crippen molar-refractivity contribution in [3.8, 4) is 0 Å². The number of sulfonamides is 1. The summed E-state index contributed by atoms with van der Waals surface area (Å²) in [5, 5.41) is 2.76. The van der Waals surface area contributed by atoms with E-state index in [1.54, 1.807) is 24.3 Å². The van der Waals surface area contributed by atoms with Crippen molar-refractivity contribution in [1.29, 1.82) is 0 Å². The number of nitrogens with zero attached hydrogens (tertiary/aromatic N) is 2. The molecule has 36 heavy (non-hydrogen) atoms. The van der Waals surface area contributed by atoms with E-state index in [1.165, 1.54) is 17.9 Å². The van der Waals surface area contributed by atoms with Gasteiger partial charge in [0.15, 0.2) is 0 Å². The number of benzene rings is 2. The maximum atomic E-state index is 13.4. The average molecular weight is 592 g/mol. The molecule has 12 heteroatoms. The number of halogens is 4. The first kappa shape index (κ1) is 29.6. The minimum absolute atomic E-state index is 0.00529. The molecular formula is C24H29BrF3N3O4S. The zero-order valence-electron chi connectivity index (χ0n) is 20.2. The lowest BCUT2D eigenvalue weighted by molar-refractivity contribution is -0.139. The van der Waals surface area contributed by atoms with Crippen LogP contribution in [-0.4, -0.2) is 50.5 Å². The van der Waals surface area contributed by atoms with Gasteiger partial charge in [-0.05, 0) is 49.2 Å². The number of anilines is 1. The lowest BCUT2D eigenvalue weighted by Gasteiger charge is -2.31. The summed E-state index contributed by atoms with van der Waals surface area (Å²) in [6, 6.07) is 9.79. The maximum Gasteiger partial charge on any atom is 0.416 e. The Kier molecular flexibility index (Phi) is 10.4. The predicted molar refractivity (Wildman–Crippen MR) is 136 cm³/mol. The Bertz CT molecular complexity index is 1160. The Labute approximate surface area is 217 Å². The number of carbonyl (C=O) groups is 2. The molecule has 0 aliphatic carbocycles. The molecule has 2 amide bonds. The van der Waals surface area contributed by atoms with Crippen molar-refractivity contribution in [1.82, 2.24) is 10.2 Å². The Balaban J connectivity index is 2.39. The topological polar surface area (TPSA) is 86.8 Å². The number of unbranched alkanes of at least 4 members (excludes halogenated alkanes) is 1. The standard InChI is InChI=1S/C24H29BrF3N3O4S/c1-4-5-13-29-23(33)17(2)30(15-18-9-11-20(25)12-10-18)22(32)16-31(36(3,34)35)21-8-6-7-19(14-21)24(26,27)28/h6-12,14,17H,4-5,13,15-16H2,1-3H3,(H,29,33)/t17-/m1/s1. The number of rotatable bonds is 11. The molecule has 0 saturated carbocycles. The molecule has 0 aliphatic rings. The van der Waals surface area contributed by atoms with E-state index >= 15 is 0 Å². The third-order valence-corrected chi connectivity index (χ3v) is 7.07. The van der Waals surface area contributed by atoms with E-state index in [1.807, 2.05) is 6.92 Å². The van der Waals surface area contributed by atoms with Gasteiger partial charge in [0.1, 0.15) is 12.6 Å². The van der Waals surface area contributed by atoms with E-state index in [0.29, 0.717) is 22.5 Å². The molecule has 1 atom stereocenters. The predicted octanol–water partition coefficient (Wildman–Crippen LogP) is 4.57. The molecule has 7 nitrogen and oxygen atoms in total. The third-order valence-electron chi connectivity index (χ3n) is 5.40. The zero-order chi connectivity index (χ0) is 27.1. The molecule has 2 aromatic carbocycles. The van der Waals surface area contributed by atoms with Gasteiger partial charge in [0.25, 0.3) is 0 Å². The second-order valence-electron chi connectivity index (χ2n) is 8.29. The minimum atomic E-state index is -4.69. The molecule has 0 saturated heterocycles. The van der Waals surface area contributed by atoms with Gasteiger partial charge in [-0.15, -0.1) is 0 Å². The van der Waals surface area contributed by atoms with Crippen LogP contribution in [0.1, 0.15) is 37.8 Å². The molecule has 2 aromatic rings. The fourth-order valence-electron chi connectivity index (χ4n) is 3.36. The highest BCUT2D eigenvalue weighted by atomic mass is 79.9. The Morgan fingerprint density at radius 3 is 2.31 bits per heavy atom. The smallest absolute Gasteiger partial charge is 0.354 e. The Hall–Kier alpha value is -2.60. The van der Waals surface area contributed by atoms with E-state index in [9.17, 15) is 31.2 Å². The average Bonchev–Trinajstić information content (AvgIpc) is 2.80. The van der Waals surface area contributed by atoms with Crippen molar-refractivity contribution in [2.45, 2.75) is 45.5 Å². The van der Waals surface area contributed by atoms with Gasteiger partial charge < -0.3 is 10.2 Å². The molecule has 1 N–H and O–H groups in total. The first-order chi connectivity index (χ1) is 16.7. The van der Waals surface area contributed by atoms with Crippen LogP contribution in [0, 0.1) is 0 Å². The molecule has 198 valence electrons. The number of hydrogen-bond donors (Lipinski definition) is 1. The van der Waals surface area contributed by atoms with Gasteiger partial charge in [-0.1, -0.05) is 47.5 Å². The highest BCUT2D eigenvalue weighted by Crippen LogP contribution is 2.32. The highest BCUT2D eigenvalue weighted by Gasteiger charge is 2.33. The molecule has 0 heterocycles. The zero-order valence-corrected chi connectivity index (χ0v) is 22.6. The van der Waals surface area contributed by atoms with E-state index in [4.69, 9.17) is 0 Å². The van der Waals surface area contributed by atoms with Gasteiger partial charge in [0.05, 0.1) is 17.5 Å². The molecule has 0 aromatic heterocycles. The summed E-state index contributed by atoms with van der Waals surface area (Å²) in [5.41, 5.74) is -0.662. The van der Waals surface area contributed by atoms with Crippen LogP contribution in [0.15, 0.2) is 53.0 Å². The SMILES string of the molecule is CCCCNC(=O)[C@@H](C)N(Cc1ccc(Br)cc1)C(=O)CN(c1cccc(C(F)(F)F)c1)S(C)(=O)=O. The van der Waals surface area contributed by atoms with Crippen molar-refractivity contribution in [3.63, 3.8) is 0 Å². The van der Waals surface area contributed by atoms with Crippen LogP contribution >= 0.6 is 15.9 Å². The molecule has 0 spiro atoms. The van der Waals surface area contributed by atoms with Crippen LogP contribution in [0.3, 0.4) is 0 Å². The third kappa shape index (κ3) is 8.51. The van der Waals surface area contributed by atoms with Gasteiger partial charge in [-0.3, -0.25) is 13.9 Å². The van der Waals surface area contributed by atoms with Crippen LogP contribution in [0.5, 0.6) is 0 Å². The maximum absolute atomic E-state index is 13.4. The van der Waals surface area contributed by atoms with E-state index in [0.717, 1.165) is 35.7 Å². The summed E-state index contributed by atoms with van der Waals surface area (Å²) < 4.78 is 66.1.